The summed E-state index contributed by atoms with van der Waals surface area (Å²) in [6, 6.07) is 31.5. The molecule has 0 amide bonds. The monoisotopic (exact) mass is 465 g/mol. The fourth-order valence-electron chi connectivity index (χ4n) is 4.04. The molecule has 178 valence electrons. The Morgan fingerprint density at radius 1 is 0.714 bits per heavy atom. The molecule has 4 aromatic rings. The molecule has 1 heterocycles. The molecule has 4 heteroatoms. The Bertz CT molecular complexity index is 1160. The van der Waals surface area contributed by atoms with Crippen LogP contribution in [0.5, 0.6) is 11.5 Å². The molecule has 0 aliphatic rings. The number of hydrogen-bond donors (Lipinski definition) is 0. The van der Waals surface area contributed by atoms with Gasteiger partial charge in [-0.25, -0.2) is 4.57 Å². The molecule has 0 saturated heterocycles. The van der Waals surface area contributed by atoms with E-state index < -0.39 is 0 Å². The van der Waals surface area contributed by atoms with Gasteiger partial charge in [0.15, 0.2) is 18.9 Å². The molecule has 35 heavy (non-hydrogen) atoms. The van der Waals surface area contributed by atoms with Crippen molar-refractivity contribution in [3.8, 4) is 11.5 Å². The van der Waals surface area contributed by atoms with E-state index in [1.54, 1.807) is 14.2 Å². The number of methoxy groups -OCH3 is 2. The van der Waals surface area contributed by atoms with Crippen LogP contribution < -0.4 is 14.0 Å². The first-order valence-electron chi connectivity index (χ1n) is 11.9. The van der Waals surface area contributed by atoms with E-state index in [-0.39, 0.29) is 0 Å². The summed E-state index contributed by atoms with van der Waals surface area (Å²) >= 11 is 0. The highest BCUT2D eigenvalue weighted by Gasteiger charge is 2.10. The number of benzene rings is 3. The fraction of sp³-hybridized carbons (Fsp3) is 0.194. The van der Waals surface area contributed by atoms with Crippen molar-refractivity contribution in [2.45, 2.75) is 19.6 Å². The zero-order chi connectivity index (χ0) is 24.3. The third kappa shape index (κ3) is 7.29. The standard InChI is InChI=1S/C31H33N2O2/c1-34-30-15-16-31(35-2)29(23-30)14-13-26-17-19-32(20-18-26)21-22-33(24-27-9-5-3-6-10-27)25-28-11-7-4-8-12-28/h3-20,23H,21-22,24-25H2,1-2H3/q+1. The van der Waals surface area contributed by atoms with E-state index in [1.807, 2.05) is 18.2 Å². The van der Waals surface area contributed by atoms with Gasteiger partial charge in [0.25, 0.3) is 0 Å². The fourth-order valence-corrected chi connectivity index (χ4v) is 4.04. The quantitative estimate of drug-likeness (QED) is 0.259. The van der Waals surface area contributed by atoms with Gasteiger partial charge < -0.3 is 9.47 Å². The molecule has 0 aliphatic heterocycles. The Hall–Kier alpha value is -3.89. The first-order valence-corrected chi connectivity index (χ1v) is 11.9. The van der Waals surface area contributed by atoms with Crippen molar-refractivity contribution < 1.29 is 14.0 Å². The Labute approximate surface area is 208 Å². The van der Waals surface area contributed by atoms with E-state index in [0.29, 0.717) is 0 Å². The molecule has 1 aromatic heterocycles. The maximum atomic E-state index is 5.48. The van der Waals surface area contributed by atoms with Crippen molar-refractivity contribution in [3.05, 3.63) is 126 Å². The van der Waals surface area contributed by atoms with Crippen LogP contribution in [0.4, 0.5) is 0 Å². The number of hydrogen-bond acceptors (Lipinski definition) is 3. The van der Waals surface area contributed by atoms with E-state index in [2.05, 4.69) is 107 Å². The lowest BCUT2D eigenvalue weighted by Crippen LogP contribution is -2.39. The second-order valence-electron chi connectivity index (χ2n) is 8.49. The summed E-state index contributed by atoms with van der Waals surface area (Å²) in [6.07, 6.45) is 8.44. The minimum atomic E-state index is 0.812. The normalized spacial score (nSPS) is 11.2. The molecule has 0 N–H and O–H groups in total. The van der Waals surface area contributed by atoms with Crippen molar-refractivity contribution in [2.24, 2.45) is 0 Å². The van der Waals surface area contributed by atoms with E-state index in [9.17, 15) is 0 Å². The molecule has 0 bridgehead atoms. The topological polar surface area (TPSA) is 25.6 Å². The zero-order valence-electron chi connectivity index (χ0n) is 20.5. The van der Waals surface area contributed by atoms with Crippen LogP contribution in [0.15, 0.2) is 103 Å². The van der Waals surface area contributed by atoms with Crippen molar-refractivity contribution in [1.82, 2.24) is 4.90 Å². The second-order valence-corrected chi connectivity index (χ2v) is 8.49. The van der Waals surface area contributed by atoms with Crippen LogP contribution in [0.25, 0.3) is 12.2 Å². The SMILES string of the molecule is COc1ccc(OC)c(C=Cc2cc[n+](CCN(Cc3ccccc3)Cc3ccccc3)cc2)c1. The highest BCUT2D eigenvalue weighted by molar-refractivity contribution is 5.73. The van der Waals surface area contributed by atoms with Crippen LogP contribution in [0.2, 0.25) is 0 Å². The predicted molar refractivity (Wildman–Crippen MR) is 142 cm³/mol. The van der Waals surface area contributed by atoms with Gasteiger partial charge in [-0.15, -0.1) is 0 Å². The van der Waals surface area contributed by atoms with Crippen molar-refractivity contribution in [2.75, 3.05) is 20.8 Å². The largest absolute Gasteiger partial charge is 0.497 e. The molecule has 0 atom stereocenters. The number of nitrogens with zero attached hydrogens (tertiary/aromatic N) is 2. The molecule has 3 aromatic carbocycles. The van der Waals surface area contributed by atoms with Gasteiger partial charge in [0.2, 0.25) is 0 Å². The first kappa shape index (κ1) is 24.2. The highest BCUT2D eigenvalue weighted by Crippen LogP contribution is 2.25. The lowest BCUT2D eigenvalue weighted by molar-refractivity contribution is -0.696. The molecule has 4 rings (SSSR count). The average Bonchev–Trinajstić information content (AvgIpc) is 2.92. The molecule has 0 unspecified atom stereocenters. The van der Waals surface area contributed by atoms with Crippen LogP contribution in [-0.2, 0) is 19.6 Å². The Balaban J connectivity index is 1.40. The zero-order valence-corrected chi connectivity index (χ0v) is 20.5. The molecule has 0 saturated carbocycles. The summed E-state index contributed by atoms with van der Waals surface area (Å²) < 4.78 is 13.1. The summed E-state index contributed by atoms with van der Waals surface area (Å²) in [5.41, 5.74) is 4.79. The van der Waals surface area contributed by atoms with Gasteiger partial charge in [0.1, 0.15) is 11.5 Å². The third-order valence-corrected chi connectivity index (χ3v) is 5.98. The van der Waals surface area contributed by atoms with Crippen molar-refractivity contribution in [3.63, 3.8) is 0 Å². The van der Waals surface area contributed by atoms with Gasteiger partial charge in [0.05, 0.1) is 20.8 Å². The maximum Gasteiger partial charge on any atom is 0.169 e. The molecule has 0 spiro atoms. The van der Waals surface area contributed by atoms with Gasteiger partial charge in [0, 0.05) is 30.8 Å². The van der Waals surface area contributed by atoms with E-state index >= 15 is 0 Å². The van der Waals surface area contributed by atoms with Gasteiger partial charge in [-0.05, 0) is 34.9 Å². The summed E-state index contributed by atoms with van der Waals surface area (Å²) in [7, 11) is 3.36. The summed E-state index contributed by atoms with van der Waals surface area (Å²) in [5.74, 6) is 1.64. The summed E-state index contributed by atoms with van der Waals surface area (Å²) in [5, 5.41) is 0. The van der Waals surface area contributed by atoms with Gasteiger partial charge >= 0.3 is 0 Å². The average molecular weight is 466 g/mol. The molecule has 0 aliphatic carbocycles. The molecule has 4 nitrogen and oxygen atoms in total. The van der Waals surface area contributed by atoms with Gasteiger partial charge in [-0.1, -0.05) is 72.8 Å². The van der Waals surface area contributed by atoms with Gasteiger partial charge in [-0.2, -0.15) is 0 Å². The summed E-state index contributed by atoms with van der Waals surface area (Å²) in [4.78, 5) is 2.50. The van der Waals surface area contributed by atoms with Crippen molar-refractivity contribution >= 4 is 12.2 Å². The minimum Gasteiger partial charge on any atom is -0.497 e. The molecular formula is C31H33N2O2+. The lowest BCUT2D eigenvalue weighted by Gasteiger charge is -2.21. The van der Waals surface area contributed by atoms with Crippen LogP contribution in [-0.4, -0.2) is 25.7 Å². The van der Waals surface area contributed by atoms with E-state index in [0.717, 1.165) is 48.8 Å². The molecule has 0 fully saturated rings. The van der Waals surface area contributed by atoms with Gasteiger partial charge in [-0.3, -0.25) is 4.90 Å². The lowest BCUT2D eigenvalue weighted by atomic mass is 10.1. The highest BCUT2D eigenvalue weighted by atomic mass is 16.5. The number of aromatic nitrogens is 1. The van der Waals surface area contributed by atoms with Crippen LogP contribution in [0.1, 0.15) is 22.3 Å². The predicted octanol–water partition coefficient (Wildman–Crippen LogP) is 5.86. The smallest absolute Gasteiger partial charge is 0.169 e. The maximum absolute atomic E-state index is 5.48. The number of rotatable bonds is 11. The molecular weight excluding hydrogens is 432 g/mol. The molecule has 0 radical (unpaired) electrons. The second kappa shape index (κ2) is 12.5. The van der Waals surface area contributed by atoms with E-state index in [1.165, 1.54) is 11.1 Å². The Kier molecular flexibility index (Phi) is 8.68. The number of ether oxygens (including phenoxy) is 2. The third-order valence-electron chi connectivity index (χ3n) is 5.98. The van der Waals surface area contributed by atoms with Crippen LogP contribution in [0.3, 0.4) is 0 Å². The first-order chi connectivity index (χ1) is 17.2. The Morgan fingerprint density at radius 3 is 1.91 bits per heavy atom. The Morgan fingerprint density at radius 2 is 1.34 bits per heavy atom. The van der Waals surface area contributed by atoms with Crippen LogP contribution >= 0.6 is 0 Å². The van der Waals surface area contributed by atoms with E-state index in [4.69, 9.17) is 9.47 Å². The number of pyridine rings is 1. The van der Waals surface area contributed by atoms with Crippen LogP contribution in [0, 0.1) is 0 Å². The summed E-state index contributed by atoms with van der Waals surface area (Å²) in [6.45, 7) is 3.75. The van der Waals surface area contributed by atoms with Crippen molar-refractivity contribution in [1.29, 1.82) is 0 Å². The minimum absolute atomic E-state index is 0.812.